The van der Waals surface area contributed by atoms with Crippen molar-refractivity contribution in [2.45, 2.75) is 65.1 Å². The van der Waals surface area contributed by atoms with E-state index >= 15 is 4.39 Å². The summed E-state index contributed by atoms with van der Waals surface area (Å²) in [5.41, 5.74) is 0.806. The molecular weight excluding hydrogens is 443 g/mol. The van der Waals surface area contributed by atoms with Crippen LogP contribution in [0.2, 0.25) is 0 Å². The molecule has 0 N–H and O–H groups in total. The molecule has 0 bridgehead atoms. The summed E-state index contributed by atoms with van der Waals surface area (Å²) in [5.74, 6) is -1.83. The van der Waals surface area contributed by atoms with E-state index in [4.69, 9.17) is 28.4 Å². The molecule has 0 saturated carbocycles. The number of ether oxygens (including phenoxy) is 6. The summed E-state index contributed by atoms with van der Waals surface area (Å²) in [6, 6.07) is 3.35. The highest BCUT2D eigenvalue weighted by Gasteiger charge is 2.44. The molecule has 3 rings (SSSR count). The molecule has 0 amide bonds. The van der Waals surface area contributed by atoms with E-state index in [0.717, 1.165) is 0 Å². The van der Waals surface area contributed by atoms with Crippen LogP contribution in [0.5, 0.6) is 11.5 Å². The largest absolute Gasteiger partial charge is 0.497 e. The van der Waals surface area contributed by atoms with Gasteiger partial charge < -0.3 is 28.4 Å². The van der Waals surface area contributed by atoms with Crippen LogP contribution in [-0.4, -0.2) is 51.1 Å². The molecule has 0 radical (unpaired) electrons. The maximum atomic E-state index is 15.2. The molecule has 1 saturated heterocycles. The number of cyclic esters (lactones) is 1. The summed E-state index contributed by atoms with van der Waals surface area (Å²) in [6.07, 6.45) is 4.21. The van der Waals surface area contributed by atoms with Crippen LogP contribution in [0.4, 0.5) is 4.39 Å². The van der Waals surface area contributed by atoms with E-state index in [1.807, 2.05) is 19.9 Å². The third-order valence-corrected chi connectivity index (χ3v) is 6.15. The first kappa shape index (κ1) is 26.2. The van der Waals surface area contributed by atoms with Crippen molar-refractivity contribution in [2.75, 3.05) is 21.0 Å². The summed E-state index contributed by atoms with van der Waals surface area (Å²) >= 11 is 0. The first-order valence-electron chi connectivity index (χ1n) is 11.5. The minimum atomic E-state index is -0.827. The molecule has 2 aliphatic heterocycles. The molecule has 7 nitrogen and oxygen atoms in total. The number of rotatable bonds is 4. The molecule has 0 aromatic heterocycles. The Hall–Kier alpha value is -2.42. The van der Waals surface area contributed by atoms with E-state index in [2.05, 4.69) is 0 Å². The zero-order valence-electron chi connectivity index (χ0n) is 20.9. The second-order valence-electron chi connectivity index (χ2n) is 9.23. The van der Waals surface area contributed by atoms with E-state index in [1.54, 1.807) is 39.0 Å². The van der Waals surface area contributed by atoms with E-state index in [-0.39, 0.29) is 36.0 Å². The summed E-state index contributed by atoms with van der Waals surface area (Å²) in [7, 11) is 3.03. The Bertz CT molecular complexity index is 939. The van der Waals surface area contributed by atoms with E-state index in [1.165, 1.54) is 20.3 Å². The van der Waals surface area contributed by atoms with Crippen LogP contribution in [0.25, 0.3) is 6.08 Å². The summed E-state index contributed by atoms with van der Waals surface area (Å²) in [4.78, 5) is 13.3. The lowest BCUT2D eigenvalue weighted by Gasteiger charge is -2.24. The molecule has 8 heteroatoms. The molecular formula is C26H35FO7. The van der Waals surface area contributed by atoms with Gasteiger partial charge in [0.1, 0.15) is 29.0 Å². The van der Waals surface area contributed by atoms with E-state index in [0.29, 0.717) is 17.7 Å². The molecule has 1 aromatic carbocycles. The smallest absolute Gasteiger partial charge is 0.342 e. The lowest BCUT2D eigenvalue weighted by molar-refractivity contribution is -0.149. The number of fused-ring (bicyclic) bond motifs is 2. The molecule has 2 aliphatic rings. The van der Waals surface area contributed by atoms with Crippen molar-refractivity contribution in [3.63, 3.8) is 0 Å². The number of carbonyl (C=O) groups is 1. The van der Waals surface area contributed by atoms with Crippen LogP contribution in [0.15, 0.2) is 30.1 Å². The van der Waals surface area contributed by atoms with Gasteiger partial charge in [0, 0.05) is 25.0 Å². The molecule has 1 aromatic rings. The lowest BCUT2D eigenvalue weighted by Crippen LogP contribution is -2.30. The molecule has 1 fully saturated rings. The molecule has 2 heterocycles. The first-order chi connectivity index (χ1) is 16.1. The quantitative estimate of drug-likeness (QED) is 0.430. The number of methoxy groups -OCH3 is 2. The zero-order chi connectivity index (χ0) is 25.0. The third kappa shape index (κ3) is 5.98. The predicted molar refractivity (Wildman–Crippen MR) is 125 cm³/mol. The van der Waals surface area contributed by atoms with Crippen molar-refractivity contribution >= 4 is 12.0 Å². The monoisotopic (exact) mass is 478 g/mol. The Morgan fingerprint density at radius 3 is 2.56 bits per heavy atom. The highest BCUT2D eigenvalue weighted by atomic mass is 19.1. The average Bonchev–Trinajstić information content (AvgIpc) is 3.09. The maximum Gasteiger partial charge on any atom is 0.342 e. The van der Waals surface area contributed by atoms with Gasteiger partial charge in [-0.1, -0.05) is 26.0 Å². The number of carbonyl (C=O) groups excluding carboxylic acids is 1. The SMILES string of the molecule is COCOc1cc(OC)cc2c1C(=O)O[C@@H](C)[C@H](C)/C=C(/F)C(C)C1OC(C)(C)OC1CC=C2. The maximum absolute atomic E-state index is 15.2. The topological polar surface area (TPSA) is 72.5 Å². The van der Waals surface area contributed by atoms with Gasteiger partial charge in [0.2, 0.25) is 0 Å². The Morgan fingerprint density at radius 1 is 1.15 bits per heavy atom. The molecule has 188 valence electrons. The van der Waals surface area contributed by atoms with Crippen LogP contribution < -0.4 is 9.47 Å². The third-order valence-electron chi connectivity index (χ3n) is 6.15. The van der Waals surface area contributed by atoms with Crippen molar-refractivity contribution in [3.05, 3.63) is 41.2 Å². The first-order valence-corrected chi connectivity index (χ1v) is 11.5. The van der Waals surface area contributed by atoms with Crippen LogP contribution >= 0.6 is 0 Å². The van der Waals surface area contributed by atoms with Crippen molar-refractivity contribution in [3.8, 4) is 11.5 Å². The normalized spacial score (nSPS) is 30.9. The van der Waals surface area contributed by atoms with Gasteiger partial charge in [0.05, 0.1) is 19.3 Å². The lowest BCUT2D eigenvalue weighted by atomic mass is 9.93. The van der Waals surface area contributed by atoms with Gasteiger partial charge in [-0.25, -0.2) is 9.18 Å². The van der Waals surface area contributed by atoms with Gasteiger partial charge in [-0.15, -0.1) is 0 Å². The summed E-state index contributed by atoms with van der Waals surface area (Å²) < 4.78 is 49.2. The number of hydrogen-bond acceptors (Lipinski definition) is 7. The predicted octanol–water partition coefficient (Wildman–Crippen LogP) is 5.29. The minimum Gasteiger partial charge on any atom is -0.497 e. The fourth-order valence-electron chi connectivity index (χ4n) is 4.14. The highest BCUT2D eigenvalue weighted by Crippen LogP contribution is 2.38. The highest BCUT2D eigenvalue weighted by molar-refractivity contribution is 5.97. The van der Waals surface area contributed by atoms with Gasteiger partial charge in [-0.2, -0.15) is 0 Å². The fourth-order valence-corrected chi connectivity index (χ4v) is 4.14. The van der Waals surface area contributed by atoms with Gasteiger partial charge in [-0.05, 0) is 44.9 Å². The molecule has 34 heavy (non-hydrogen) atoms. The Kier molecular flexibility index (Phi) is 8.38. The van der Waals surface area contributed by atoms with Crippen LogP contribution in [0, 0.1) is 11.8 Å². The van der Waals surface area contributed by atoms with Crippen LogP contribution in [0.1, 0.15) is 57.0 Å². The zero-order valence-corrected chi connectivity index (χ0v) is 20.9. The van der Waals surface area contributed by atoms with Gasteiger partial charge in [0.25, 0.3) is 0 Å². The van der Waals surface area contributed by atoms with Crippen LogP contribution in [0.3, 0.4) is 0 Å². The Morgan fingerprint density at radius 2 is 1.88 bits per heavy atom. The van der Waals surface area contributed by atoms with E-state index in [9.17, 15) is 4.79 Å². The Balaban J connectivity index is 2.09. The molecule has 0 aliphatic carbocycles. The molecule has 3 unspecified atom stereocenters. The second kappa shape index (κ2) is 10.9. The van der Waals surface area contributed by atoms with E-state index < -0.39 is 29.9 Å². The van der Waals surface area contributed by atoms with Gasteiger partial charge >= 0.3 is 5.97 Å². The number of benzene rings is 1. The van der Waals surface area contributed by atoms with Crippen LogP contribution in [-0.2, 0) is 18.9 Å². The van der Waals surface area contributed by atoms with Crippen molar-refractivity contribution < 1.29 is 37.6 Å². The fraction of sp³-hybridized carbons (Fsp3) is 0.577. The Labute approximate surface area is 200 Å². The number of esters is 1. The minimum absolute atomic E-state index is 0.0571. The second-order valence-corrected chi connectivity index (χ2v) is 9.23. The van der Waals surface area contributed by atoms with Crippen molar-refractivity contribution in [2.24, 2.45) is 11.8 Å². The molecule has 5 atom stereocenters. The van der Waals surface area contributed by atoms with Gasteiger partial charge in [0.15, 0.2) is 12.6 Å². The number of halogens is 1. The summed E-state index contributed by atoms with van der Waals surface area (Å²) in [6.45, 7) is 8.91. The van der Waals surface area contributed by atoms with Gasteiger partial charge in [-0.3, -0.25) is 0 Å². The average molecular weight is 479 g/mol. The summed E-state index contributed by atoms with van der Waals surface area (Å²) in [5, 5.41) is 0. The number of hydrogen-bond donors (Lipinski definition) is 0. The standard InChI is InChI=1S/C26H35FO7/c1-15-11-20(27)16(2)24-21(33-26(4,5)34-24)10-8-9-18-12-19(30-7)13-22(31-14-29-6)23(18)25(28)32-17(15)3/h8-9,11-13,15-17,21,24H,10,14H2,1-7H3/b9-8?,20-11+/t15-,16?,17+,21?,24?/m1/s1. The van der Waals surface area contributed by atoms with Crippen molar-refractivity contribution in [1.82, 2.24) is 0 Å². The van der Waals surface area contributed by atoms with Crippen molar-refractivity contribution in [1.29, 1.82) is 0 Å². The molecule has 0 spiro atoms.